The molecule has 0 fully saturated rings. The second-order valence-corrected chi connectivity index (χ2v) is 7.75. The summed E-state index contributed by atoms with van der Waals surface area (Å²) in [6.07, 6.45) is 7.68. The van der Waals surface area contributed by atoms with Crippen molar-refractivity contribution in [3.63, 3.8) is 0 Å². The molecule has 0 amide bonds. The van der Waals surface area contributed by atoms with Gasteiger partial charge in [0, 0.05) is 12.6 Å². The van der Waals surface area contributed by atoms with E-state index in [0.29, 0.717) is 36.8 Å². The molecule has 1 aliphatic heterocycles. The molecule has 0 saturated carbocycles. The van der Waals surface area contributed by atoms with E-state index >= 15 is 0 Å². The van der Waals surface area contributed by atoms with E-state index in [0.717, 1.165) is 19.3 Å². The number of rotatable bonds is 5. The number of aryl methyl sites for hydroxylation is 1. The first-order valence-electron chi connectivity index (χ1n) is 8.14. The second kappa shape index (κ2) is 6.93. The van der Waals surface area contributed by atoms with Gasteiger partial charge in [-0.2, -0.15) is 0 Å². The molecule has 1 heterocycles. The molecule has 0 bridgehead atoms. The van der Waals surface area contributed by atoms with Crippen LogP contribution in [0.4, 0.5) is 0 Å². The molecule has 6 heteroatoms. The average molecular weight is 337 g/mol. The predicted octanol–water partition coefficient (Wildman–Crippen LogP) is 2.94. The minimum Gasteiger partial charge on any atom is -0.486 e. The van der Waals surface area contributed by atoms with E-state index in [1.54, 1.807) is 19.1 Å². The van der Waals surface area contributed by atoms with Crippen LogP contribution in [-0.4, -0.2) is 28.2 Å². The second-order valence-electron chi connectivity index (χ2n) is 6.02. The van der Waals surface area contributed by atoms with Crippen molar-refractivity contribution < 1.29 is 17.9 Å². The molecule has 0 spiro atoms. The minimum absolute atomic E-state index is 0.263. The lowest BCUT2D eigenvalue weighted by Gasteiger charge is -2.20. The van der Waals surface area contributed by atoms with Gasteiger partial charge in [0.15, 0.2) is 11.5 Å². The number of hydrogen-bond acceptors (Lipinski definition) is 4. The van der Waals surface area contributed by atoms with Crippen LogP contribution in [0.15, 0.2) is 28.7 Å². The Hall–Kier alpha value is -1.53. The lowest BCUT2D eigenvalue weighted by molar-refractivity contribution is 0.171. The van der Waals surface area contributed by atoms with Gasteiger partial charge in [0.05, 0.1) is 4.90 Å². The summed E-state index contributed by atoms with van der Waals surface area (Å²) in [5.74, 6) is 1.11. The molecule has 0 atom stereocenters. The Kier molecular flexibility index (Phi) is 4.92. The van der Waals surface area contributed by atoms with E-state index in [1.165, 1.54) is 18.4 Å². The van der Waals surface area contributed by atoms with Crippen molar-refractivity contribution >= 4 is 10.0 Å². The SMILES string of the molecule is Cc1cc2c(cc1S(=O)(=O)NCCC1=CCCCC1)OCCO2. The van der Waals surface area contributed by atoms with Crippen molar-refractivity contribution in [2.75, 3.05) is 19.8 Å². The monoisotopic (exact) mass is 337 g/mol. The summed E-state index contributed by atoms with van der Waals surface area (Å²) in [7, 11) is -3.54. The highest BCUT2D eigenvalue weighted by molar-refractivity contribution is 7.89. The number of sulfonamides is 1. The van der Waals surface area contributed by atoms with E-state index in [1.807, 2.05) is 0 Å². The number of ether oxygens (including phenoxy) is 2. The Morgan fingerprint density at radius 1 is 1.13 bits per heavy atom. The van der Waals surface area contributed by atoms with Gasteiger partial charge in [-0.1, -0.05) is 11.6 Å². The summed E-state index contributed by atoms with van der Waals surface area (Å²) in [5, 5.41) is 0. The van der Waals surface area contributed by atoms with Crippen LogP contribution in [0.3, 0.4) is 0 Å². The molecule has 1 aromatic carbocycles. The maximum Gasteiger partial charge on any atom is 0.240 e. The van der Waals surface area contributed by atoms with Crippen LogP contribution in [0.5, 0.6) is 11.5 Å². The summed E-state index contributed by atoms with van der Waals surface area (Å²) in [6.45, 7) is 3.14. The van der Waals surface area contributed by atoms with Gasteiger partial charge in [-0.05, 0) is 50.7 Å². The quantitative estimate of drug-likeness (QED) is 0.839. The fourth-order valence-electron chi connectivity index (χ4n) is 3.02. The Labute approximate surface area is 137 Å². The predicted molar refractivity (Wildman–Crippen MR) is 88.5 cm³/mol. The lowest BCUT2D eigenvalue weighted by atomic mass is 9.97. The zero-order chi connectivity index (χ0) is 16.3. The van der Waals surface area contributed by atoms with Crippen molar-refractivity contribution in [3.05, 3.63) is 29.3 Å². The van der Waals surface area contributed by atoms with Crippen molar-refractivity contribution in [2.45, 2.75) is 43.9 Å². The van der Waals surface area contributed by atoms with Crippen molar-refractivity contribution in [1.82, 2.24) is 4.72 Å². The molecular weight excluding hydrogens is 314 g/mol. The molecule has 126 valence electrons. The van der Waals surface area contributed by atoms with Crippen molar-refractivity contribution in [2.24, 2.45) is 0 Å². The van der Waals surface area contributed by atoms with Crippen LogP contribution in [0.1, 0.15) is 37.7 Å². The third kappa shape index (κ3) is 3.87. The van der Waals surface area contributed by atoms with E-state index < -0.39 is 10.0 Å². The summed E-state index contributed by atoms with van der Waals surface area (Å²) < 4.78 is 38.8. The standard InChI is InChI=1S/C17H23NO4S/c1-13-11-15-16(22-10-9-21-15)12-17(13)23(19,20)18-8-7-14-5-3-2-4-6-14/h5,11-12,18H,2-4,6-10H2,1H3. The number of nitrogens with one attached hydrogen (secondary N) is 1. The first-order valence-corrected chi connectivity index (χ1v) is 9.62. The highest BCUT2D eigenvalue weighted by atomic mass is 32.2. The molecule has 0 aromatic heterocycles. The summed E-state index contributed by atoms with van der Waals surface area (Å²) in [5.41, 5.74) is 2.02. The molecule has 1 aliphatic carbocycles. The molecule has 23 heavy (non-hydrogen) atoms. The Morgan fingerprint density at radius 3 is 2.57 bits per heavy atom. The van der Waals surface area contributed by atoms with Gasteiger partial charge in [0.25, 0.3) is 0 Å². The third-order valence-electron chi connectivity index (χ3n) is 4.25. The minimum atomic E-state index is -3.54. The number of allylic oxidation sites excluding steroid dienone is 1. The van der Waals surface area contributed by atoms with Gasteiger partial charge in [0.2, 0.25) is 10.0 Å². The third-order valence-corrected chi connectivity index (χ3v) is 5.86. The number of hydrogen-bond donors (Lipinski definition) is 1. The molecule has 0 radical (unpaired) electrons. The summed E-state index contributed by atoms with van der Waals surface area (Å²) in [6, 6.07) is 3.29. The maximum atomic E-state index is 12.6. The van der Waals surface area contributed by atoms with Crippen LogP contribution in [0, 0.1) is 6.92 Å². The van der Waals surface area contributed by atoms with Crippen molar-refractivity contribution in [3.8, 4) is 11.5 Å². The fourth-order valence-corrected chi connectivity index (χ4v) is 4.29. The molecule has 3 rings (SSSR count). The zero-order valence-corrected chi connectivity index (χ0v) is 14.2. The first kappa shape index (κ1) is 16.3. The largest absolute Gasteiger partial charge is 0.486 e. The summed E-state index contributed by atoms with van der Waals surface area (Å²) >= 11 is 0. The normalized spacial score (nSPS) is 17.7. The van der Waals surface area contributed by atoms with Gasteiger partial charge in [0.1, 0.15) is 13.2 Å². The fraction of sp³-hybridized carbons (Fsp3) is 0.529. The van der Waals surface area contributed by atoms with Crippen LogP contribution in [0.2, 0.25) is 0 Å². The van der Waals surface area contributed by atoms with E-state index in [9.17, 15) is 8.42 Å². The Morgan fingerprint density at radius 2 is 1.87 bits per heavy atom. The molecule has 1 aromatic rings. The van der Waals surface area contributed by atoms with Crippen LogP contribution in [-0.2, 0) is 10.0 Å². The van der Waals surface area contributed by atoms with Crippen LogP contribution < -0.4 is 14.2 Å². The van der Waals surface area contributed by atoms with E-state index in [2.05, 4.69) is 10.8 Å². The molecular formula is C17H23NO4S. The lowest BCUT2D eigenvalue weighted by Crippen LogP contribution is -2.26. The molecule has 5 nitrogen and oxygen atoms in total. The highest BCUT2D eigenvalue weighted by Gasteiger charge is 2.22. The molecule has 0 unspecified atom stereocenters. The van der Waals surface area contributed by atoms with Crippen LogP contribution in [0.25, 0.3) is 0 Å². The van der Waals surface area contributed by atoms with E-state index in [4.69, 9.17) is 9.47 Å². The topological polar surface area (TPSA) is 64.6 Å². The van der Waals surface area contributed by atoms with Gasteiger partial charge in [-0.3, -0.25) is 0 Å². The Balaban J connectivity index is 1.70. The molecule has 1 N–H and O–H groups in total. The van der Waals surface area contributed by atoms with Crippen molar-refractivity contribution in [1.29, 1.82) is 0 Å². The van der Waals surface area contributed by atoms with Gasteiger partial charge < -0.3 is 9.47 Å². The number of benzene rings is 1. The molecule has 0 saturated heterocycles. The van der Waals surface area contributed by atoms with Crippen LogP contribution >= 0.6 is 0 Å². The van der Waals surface area contributed by atoms with E-state index in [-0.39, 0.29) is 4.90 Å². The Bertz CT molecular complexity index is 710. The summed E-state index contributed by atoms with van der Waals surface area (Å²) in [4.78, 5) is 0.263. The average Bonchev–Trinajstić information content (AvgIpc) is 2.55. The van der Waals surface area contributed by atoms with Gasteiger partial charge >= 0.3 is 0 Å². The smallest absolute Gasteiger partial charge is 0.240 e. The maximum absolute atomic E-state index is 12.6. The number of fused-ring (bicyclic) bond motifs is 1. The molecule has 2 aliphatic rings. The highest BCUT2D eigenvalue weighted by Crippen LogP contribution is 2.34. The van der Waals surface area contributed by atoms with Gasteiger partial charge in [-0.25, -0.2) is 13.1 Å². The van der Waals surface area contributed by atoms with Gasteiger partial charge in [-0.15, -0.1) is 0 Å². The zero-order valence-electron chi connectivity index (χ0n) is 13.4. The first-order chi connectivity index (χ1) is 11.1.